The second-order valence-electron chi connectivity index (χ2n) is 4.42. The van der Waals surface area contributed by atoms with Crippen molar-refractivity contribution in [1.82, 2.24) is 4.90 Å². The molecule has 0 aromatic heterocycles. The Bertz CT molecular complexity index is 387. The van der Waals surface area contributed by atoms with Gasteiger partial charge < -0.3 is 9.64 Å². The average molecular weight is 218 g/mol. The zero-order chi connectivity index (χ0) is 11.5. The van der Waals surface area contributed by atoms with Crippen LogP contribution in [0.1, 0.15) is 19.4 Å². The molecule has 0 aliphatic carbocycles. The van der Waals surface area contributed by atoms with E-state index in [2.05, 4.69) is 24.8 Å². The van der Waals surface area contributed by atoms with Crippen LogP contribution in [0.25, 0.3) is 0 Å². The zero-order valence-corrected chi connectivity index (χ0v) is 9.86. The van der Waals surface area contributed by atoms with Gasteiger partial charge >= 0.3 is 0 Å². The molecule has 0 amide bonds. The van der Waals surface area contributed by atoms with Gasteiger partial charge in [0.2, 0.25) is 0 Å². The Morgan fingerprint density at radius 1 is 1.38 bits per heavy atom. The third kappa shape index (κ3) is 2.18. The summed E-state index contributed by atoms with van der Waals surface area (Å²) in [6, 6.07) is 8.08. The van der Waals surface area contributed by atoms with Crippen LogP contribution < -0.4 is 4.74 Å². The van der Waals surface area contributed by atoms with Crippen LogP contribution in [0.5, 0.6) is 5.75 Å². The number of rotatable bonds is 1. The van der Waals surface area contributed by atoms with Crippen LogP contribution in [0.3, 0.4) is 0 Å². The van der Waals surface area contributed by atoms with Gasteiger partial charge in [0.1, 0.15) is 12.4 Å². The van der Waals surface area contributed by atoms with Crippen LogP contribution in [-0.4, -0.2) is 23.9 Å². The average Bonchev–Trinajstić information content (AvgIpc) is 2.49. The van der Waals surface area contributed by atoms with E-state index in [4.69, 9.17) is 10.1 Å². The molecule has 0 radical (unpaired) electrons. The van der Waals surface area contributed by atoms with Gasteiger partial charge in [-0.1, -0.05) is 32.0 Å². The molecule has 3 heteroatoms. The van der Waals surface area contributed by atoms with Gasteiger partial charge in [-0.25, -0.2) is 0 Å². The fraction of sp³-hybridized carbons (Fsp3) is 0.462. The highest BCUT2D eigenvalue weighted by atomic mass is 16.5. The lowest BCUT2D eigenvalue weighted by atomic mass is 10.1. The van der Waals surface area contributed by atoms with E-state index in [-0.39, 0.29) is 5.92 Å². The number of nitrogens with zero attached hydrogens (tertiary/aromatic N) is 1. The van der Waals surface area contributed by atoms with Crippen LogP contribution in [0.15, 0.2) is 24.3 Å². The standard InChI is InChI=1S/C13H18N2O/c1-10(2)13(14)15-7-8-16-12-6-4-3-5-11(12)9-15/h3-6,10,14H,7-9H2,1-2H3. The lowest BCUT2D eigenvalue weighted by molar-refractivity contribution is 0.284. The van der Waals surface area contributed by atoms with Crippen LogP contribution in [0, 0.1) is 11.3 Å². The summed E-state index contributed by atoms with van der Waals surface area (Å²) < 4.78 is 5.67. The number of benzene rings is 1. The summed E-state index contributed by atoms with van der Waals surface area (Å²) in [6.45, 7) is 6.35. The summed E-state index contributed by atoms with van der Waals surface area (Å²) >= 11 is 0. The second kappa shape index (κ2) is 4.56. The molecule has 1 aromatic rings. The molecule has 1 aliphatic rings. The Kier molecular flexibility index (Phi) is 3.13. The highest BCUT2D eigenvalue weighted by molar-refractivity contribution is 5.81. The molecule has 3 nitrogen and oxygen atoms in total. The SMILES string of the molecule is CC(C)C(=N)N1CCOc2ccccc2C1. The van der Waals surface area contributed by atoms with Crippen molar-refractivity contribution in [3.05, 3.63) is 29.8 Å². The van der Waals surface area contributed by atoms with Crippen molar-refractivity contribution in [2.45, 2.75) is 20.4 Å². The third-order valence-electron chi connectivity index (χ3n) is 2.84. The minimum Gasteiger partial charge on any atom is -0.491 e. The molecule has 0 unspecified atom stereocenters. The van der Waals surface area contributed by atoms with Crippen LogP contribution in [-0.2, 0) is 6.54 Å². The van der Waals surface area contributed by atoms with Crippen molar-refractivity contribution in [2.75, 3.05) is 13.2 Å². The van der Waals surface area contributed by atoms with Crippen molar-refractivity contribution >= 4 is 5.84 Å². The largest absolute Gasteiger partial charge is 0.491 e. The van der Waals surface area contributed by atoms with E-state index in [0.29, 0.717) is 12.4 Å². The summed E-state index contributed by atoms with van der Waals surface area (Å²) in [4.78, 5) is 2.09. The predicted octanol–water partition coefficient (Wildman–Crippen LogP) is 2.51. The normalized spacial score (nSPS) is 15.3. The number of hydrogen-bond donors (Lipinski definition) is 1. The van der Waals surface area contributed by atoms with Crippen molar-refractivity contribution in [2.24, 2.45) is 5.92 Å². The number of ether oxygens (including phenoxy) is 1. The fourth-order valence-electron chi connectivity index (χ4n) is 1.90. The molecule has 1 N–H and O–H groups in total. The maximum absolute atomic E-state index is 8.05. The first-order valence-electron chi connectivity index (χ1n) is 5.72. The highest BCUT2D eigenvalue weighted by Crippen LogP contribution is 2.23. The summed E-state index contributed by atoms with van der Waals surface area (Å²) in [5.41, 5.74) is 1.17. The van der Waals surface area contributed by atoms with Crippen LogP contribution in [0.4, 0.5) is 0 Å². The molecule has 0 atom stereocenters. The molecular weight excluding hydrogens is 200 g/mol. The Labute approximate surface area is 96.5 Å². The first kappa shape index (κ1) is 11.0. The number of hydrogen-bond acceptors (Lipinski definition) is 2. The Hall–Kier alpha value is -1.51. The van der Waals surface area contributed by atoms with Crippen molar-refractivity contribution in [3.63, 3.8) is 0 Å². The zero-order valence-electron chi connectivity index (χ0n) is 9.86. The second-order valence-corrected chi connectivity index (χ2v) is 4.42. The van der Waals surface area contributed by atoms with Crippen molar-refractivity contribution in [3.8, 4) is 5.75 Å². The summed E-state index contributed by atoms with van der Waals surface area (Å²) in [7, 11) is 0. The first-order chi connectivity index (χ1) is 7.68. The quantitative estimate of drug-likeness (QED) is 0.581. The van der Waals surface area contributed by atoms with Gasteiger partial charge in [0.15, 0.2) is 0 Å². The fourth-order valence-corrected chi connectivity index (χ4v) is 1.90. The number of fused-ring (bicyclic) bond motifs is 1. The van der Waals surface area contributed by atoms with Gasteiger partial charge in [-0.3, -0.25) is 5.41 Å². The van der Waals surface area contributed by atoms with E-state index in [9.17, 15) is 0 Å². The molecule has 0 fully saturated rings. The molecule has 2 rings (SSSR count). The van der Waals surface area contributed by atoms with Crippen LogP contribution >= 0.6 is 0 Å². The summed E-state index contributed by atoms with van der Waals surface area (Å²) in [5, 5.41) is 8.05. The molecule has 1 aromatic carbocycles. The van der Waals surface area contributed by atoms with E-state index < -0.39 is 0 Å². The van der Waals surface area contributed by atoms with E-state index in [1.807, 2.05) is 18.2 Å². The minimum atomic E-state index is 0.269. The highest BCUT2D eigenvalue weighted by Gasteiger charge is 2.18. The molecule has 0 bridgehead atoms. The summed E-state index contributed by atoms with van der Waals surface area (Å²) in [5.74, 6) is 1.92. The molecule has 16 heavy (non-hydrogen) atoms. The number of nitrogens with one attached hydrogen (secondary N) is 1. The minimum absolute atomic E-state index is 0.269. The maximum atomic E-state index is 8.05. The molecule has 86 valence electrons. The van der Waals surface area contributed by atoms with E-state index >= 15 is 0 Å². The lowest BCUT2D eigenvalue weighted by Crippen LogP contribution is -2.34. The van der Waals surface area contributed by atoms with Gasteiger partial charge in [-0.2, -0.15) is 0 Å². The third-order valence-corrected chi connectivity index (χ3v) is 2.84. The van der Waals surface area contributed by atoms with Gasteiger partial charge in [0.25, 0.3) is 0 Å². The predicted molar refractivity (Wildman–Crippen MR) is 64.9 cm³/mol. The lowest BCUT2D eigenvalue weighted by Gasteiger charge is -2.24. The van der Waals surface area contributed by atoms with Gasteiger partial charge in [0, 0.05) is 18.0 Å². The molecule has 1 heterocycles. The molecular formula is C13H18N2O. The van der Waals surface area contributed by atoms with E-state index in [0.717, 1.165) is 18.8 Å². The smallest absolute Gasteiger partial charge is 0.124 e. The van der Waals surface area contributed by atoms with Gasteiger partial charge in [-0.05, 0) is 6.07 Å². The van der Waals surface area contributed by atoms with E-state index in [1.165, 1.54) is 5.56 Å². The topological polar surface area (TPSA) is 36.3 Å². The maximum Gasteiger partial charge on any atom is 0.124 e. The monoisotopic (exact) mass is 218 g/mol. The Morgan fingerprint density at radius 3 is 2.88 bits per heavy atom. The molecule has 1 aliphatic heterocycles. The van der Waals surface area contributed by atoms with Crippen LogP contribution in [0.2, 0.25) is 0 Å². The molecule has 0 saturated heterocycles. The van der Waals surface area contributed by atoms with E-state index in [1.54, 1.807) is 0 Å². The first-order valence-corrected chi connectivity index (χ1v) is 5.72. The molecule has 0 saturated carbocycles. The number of para-hydroxylation sites is 1. The molecule has 0 spiro atoms. The van der Waals surface area contributed by atoms with Gasteiger partial charge in [-0.15, -0.1) is 0 Å². The number of amidine groups is 1. The summed E-state index contributed by atoms with van der Waals surface area (Å²) in [6.07, 6.45) is 0. The Morgan fingerprint density at radius 2 is 2.12 bits per heavy atom. The van der Waals surface area contributed by atoms with Gasteiger partial charge in [0.05, 0.1) is 12.4 Å². The van der Waals surface area contributed by atoms with Crippen molar-refractivity contribution < 1.29 is 4.74 Å². The van der Waals surface area contributed by atoms with Crippen molar-refractivity contribution in [1.29, 1.82) is 5.41 Å². The Balaban J connectivity index is 2.20.